The van der Waals surface area contributed by atoms with Crippen LogP contribution in [0.2, 0.25) is 0 Å². The van der Waals surface area contributed by atoms with Crippen LogP contribution in [0.5, 0.6) is 5.75 Å². The molecular formula is C23H32O5. The van der Waals surface area contributed by atoms with E-state index < -0.39 is 17.7 Å². The maximum absolute atomic E-state index is 12.3. The van der Waals surface area contributed by atoms with Crippen LogP contribution in [0.4, 0.5) is 0 Å². The maximum atomic E-state index is 12.3. The number of rotatable bonds is 4. The highest BCUT2D eigenvalue weighted by Gasteiger charge is 2.65. The topological polar surface area (TPSA) is 65.0 Å². The highest BCUT2D eigenvalue weighted by molar-refractivity contribution is 5.76. The molecule has 0 spiro atoms. The first-order valence-corrected chi connectivity index (χ1v) is 10.4. The van der Waals surface area contributed by atoms with Gasteiger partial charge in [-0.05, 0) is 79.5 Å². The molecule has 0 radical (unpaired) electrons. The zero-order valence-electron chi connectivity index (χ0n) is 17.4. The zero-order valence-corrected chi connectivity index (χ0v) is 17.4. The lowest BCUT2D eigenvalue weighted by atomic mass is 9.52. The van der Waals surface area contributed by atoms with Crippen LogP contribution in [0.1, 0.15) is 56.1 Å². The molecule has 1 N–H and O–H groups in total. The van der Waals surface area contributed by atoms with Gasteiger partial charge in [0.2, 0.25) is 0 Å². The molecule has 6 atom stereocenters. The maximum Gasteiger partial charge on any atom is 0.338 e. The van der Waals surface area contributed by atoms with Crippen molar-refractivity contribution >= 4 is 5.97 Å². The summed E-state index contributed by atoms with van der Waals surface area (Å²) in [5.74, 6) is 1.89. The molecule has 3 aliphatic carbocycles. The van der Waals surface area contributed by atoms with Crippen LogP contribution in [0, 0.1) is 17.3 Å². The number of carbonyl (C=O) groups is 1. The van der Waals surface area contributed by atoms with Crippen molar-refractivity contribution in [3.63, 3.8) is 0 Å². The first-order valence-electron chi connectivity index (χ1n) is 10.4. The van der Waals surface area contributed by atoms with E-state index in [4.69, 9.17) is 14.2 Å². The van der Waals surface area contributed by atoms with E-state index in [9.17, 15) is 9.90 Å². The third kappa shape index (κ3) is 2.62. The largest absolute Gasteiger partial charge is 0.497 e. The van der Waals surface area contributed by atoms with Crippen LogP contribution in [0.25, 0.3) is 0 Å². The van der Waals surface area contributed by atoms with E-state index in [1.54, 1.807) is 7.11 Å². The molecule has 2 saturated carbocycles. The number of ether oxygens (including phenoxy) is 3. The standard InChI is InChI=1S/C23H32O5/c1-22-11-9-17-16-8-6-15(26-2)13-14(16)5-7-18(17)19(22)10-12-23(22,25)20(27-3)21(24)28-4/h6,8,13,17-20,25H,5,7,9-12H2,1-4H3/t17-,18-,19+,20+,22+,23-/m1/s1. The number of hydrogen-bond donors (Lipinski definition) is 1. The Bertz CT molecular complexity index is 761. The summed E-state index contributed by atoms with van der Waals surface area (Å²) in [5.41, 5.74) is 1.34. The van der Waals surface area contributed by atoms with Gasteiger partial charge >= 0.3 is 5.97 Å². The fourth-order valence-electron chi connectivity index (χ4n) is 6.76. The van der Waals surface area contributed by atoms with Gasteiger partial charge in [-0.15, -0.1) is 0 Å². The molecule has 0 unspecified atom stereocenters. The summed E-state index contributed by atoms with van der Waals surface area (Å²) in [4.78, 5) is 12.3. The van der Waals surface area contributed by atoms with Gasteiger partial charge in [0, 0.05) is 12.5 Å². The Labute approximate surface area is 167 Å². The molecule has 1 aromatic rings. The molecule has 28 heavy (non-hydrogen) atoms. The second-order valence-electron chi connectivity index (χ2n) is 9.04. The quantitative estimate of drug-likeness (QED) is 0.800. The predicted octanol–water partition coefficient (Wildman–Crippen LogP) is 3.47. The van der Waals surface area contributed by atoms with Gasteiger partial charge in [-0.2, -0.15) is 0 Å². The first kappa shape index (κ1) is 19.7. The lowest BCUT2D eigenvalue weighted by Gasteiger charge is -2.54. The number of benzene rings is 1. The summed E-state index contributed by atoms with van der Waals surface area (Å²) in [6.07, 6.45) is 4.66. The molecule has 0 heterocycles. The minimum atomic E-state index is -1.18. The average molecular weight is 389 g/mol. The van der Waals surface area contributed by atoms with Crippen molar-refractivity contribution in [1.29, 1.82) is 0 Å². The molecule has 0 aromatic heterocycles. The van der Waals surface area contributed by atoms with Crippen molar-refractivity contribution in [2.24, 2.45) is 17.3 Å². The summed E-state index contributed by atoms with van der Waals surface area (Å²) >= 11 is 0. The molecule has 0 bridgehead atoms. The zero-order chi connectivity index (χ0) is 20.1. The third-order valence-corrected chi connectivity index (χ3v) is 8.23. The fraction of sp³-hybridized carbons (Fsp3) is 0.696. The lowest BCUT2D eigenvalue weighted by Crippen LogP contribution is -2.59. The first-order chi connectivity index (χ1) is 13.4. The van der Waals surface area contributed by atoms with E-state index >= 15 is 0 Å². The molecule has 4 rings (SSSR count). The highest BCUT2D eigenvalue weighted by atomic mass is 16.6. The smallest absolute Gasteiger partial charge is 0.338 e. The van der Waals surface area contributed by atoms with Crippen molar-refractivity contribution in [2.75, 3.05) is 21.3 Å². The molecule has 2 fully saturated rings. The van der Waals surface area contributed by atoms with Gasteiger partial charge in [0.25, 0.3) is 0 Å². The van der Waals surface area contributed by atoms with Gasteiger partial charge in [0.15, 0.2) is 6.10 Å². The van der Waals surface area contributed by atoms with Crippen LogP contribution < -0.4 is 4.74 Å². The van der Waals surface area contributed by atoms with Gasteiger partial charge in [0.1, 0.15) is 11.4 Å². The van der Waals surface area contributed by atoms with Gasteiger partial charge in [-0.3, -0.25) is 0 Å². The molecule has 0 amide bonds. The van der Waals surface area contributed by atoms with Gasteiger partial charge in [0.05, 0.1) is 14.2 Å². The number of aryl methyl sites for hydroxylation is 1. The van der Waals surface area contributed by atoms with Crippen molar-refractivity contribution in [3.8, 4) is 5.75 Å². The molecule has 0 aliphatic heterocycles. The van der Waals surface area contributed by atoms with Crippen LogP contribution in [0.3, 0.4) is 0 Å². The summed E-state index contributed by atoms with van der Waals surface area (Å²) in [6.45, 7) is 2.17. The lowest BCUT2D eigenvalue weighted by molar-refractivity contribution is -0.197. The van der Waals surface area contributed by atoms with Gasteiger partial charge in [-0.1, -0.05) is 13.0 Å². The monoisotopic (exact) mass is 388 g/mol. The molecule has 0 saturated heterocycles. The molecule has 5 heteroatoms. The van der Waals surface area contributed by atoms with Crippen LogP contribution in [0.15, 0.2) is 18.2 Å². The number of hydrogen-bond acceptors (Lipinski definition) is 5. The van der Waals surface area contributed by atoms with E-state index in [0.717, 1.165) is 37.9 Å². The van der Waals surface area contributed by atoms with E-state index in [2.05, 4.69) is 25.1 Å². The van der Waals surface area contributed by atoms with E-state index in [0.29, 0.717) is 24.2 Å². The molecule has 1 aromatic carbocycles. The molecule has 154 valence electrons. The highest BCUT2D eigenvalue weighted by Crippen LogP contribution is 2.65. The van der Waals surface area contributed by atoms with Crippen molar-refractivity contribution in [2.45, 2.75) is 63.1 Å². The Morgan fingerprint density at radius 1 is 1.18 bits per heavy atom. The Kier molecular flexibility index (Phi) is 4.95. The van der Waals surface area contributed by atoms with E-state index in [1.807, 2.05) is 0 Å². The van der Waals surface area contributed by atoms with Crippen LogP contribution >= 0.6 is 0 Å². The second kappa shape index (κ2) is 7.03. The summed E-state index contributed by atoms with van der Waals surface area (Å²) in [7, 11) is 4.56. The summed E-state index contributed by atoms with van der Waals surface area (Å²) in [6, 6.07) is 6.49. The normalized spacial score (nSPS) is 37.4. The minimum Gasteiger partial charge on any atom is -0.497 e. The molecule has 5 nitrogen and oxygen atoms in total. The van der Waals surface area contributed by atoms with Crippen LogP contribution in [-0.2, 0) is 20.7 Å². The minimum absolute atomic E-state index is 0.340. The SMILES string of the molecule is COC(=O)[C@H](OC)[C@]1(O)CC[C@H]2[C@@H]3CCc4cc(OC)ccc4[C@H]3CC[C@@]21C. The molecular weight excluding hydrogens is 356 g/mol. The number of fused-ring (bicyclic) bond motifs is 5. The Morgan fingerprint density at radius 2 is 1.96 bits per heavy atom. The van der Waals surface area contributed by atoms with Crippen molar-refractivity contribution < 1.29 is 24.1 Å². The number of methoxy groups -OCH3 is 3. The second-order valence-corrected chi connectivity index (χ2v) is 9.04. The van der Waals surface area contributed by atoms with Crippen molar-refractivity contribution in [1.82, 2.24) is 0 Å². The summed E-state index contributed by atoms with van der Waals surface area (Å²) < 4.78 is 15.8. The Hall–Kier alpha value is -1.59. The Morgan fingerprint density at radius 3 is 2.64 bits per heavy atom. The third-order valence-electron chi connectivity index (χ3n) is 8.23. The van der Waals surface area contributed by atoms with Gasteiger partial charge < -0.3 is 19.3 Å². The number of aliphatic hydroxyl groups is 1. The van der Waals surface area contributed by atoms with Crippen molar-refractivity contribution in [3.05, 3.63) is 29.3 Å². The predicted molar refractivity (Wildman–Crippen MR) is 105 cm³/mol. The summed E-state index contributed by atoms with van der Waals surface area (Å²) in [5, 5.41) is 11.7. The van der Waals surface area contributed by atoms with E-state index in [1.165, 1.54) is 25.3 Å². The average Bonchev–Trinajstić information content (AvgIpc) is 2.99. The van der Waals surface area contributed by atoms with Gasteiger partial charge in [-0.25, -0.2) is 4.79 Å². The number of carbonyl (C=O) groups excluding carboxylic acids is 1. The number of esters is 1. The fourth-order valence-corrected chi connectivity index (χ4v) is 6.76. The van der Waals surface area contributed by atoms with Crippen LogP contribution in [-0.4, -0.2) is 44.1 Å². The Balaban J connectivity index is 1.66. The molecule has 3 aliphatic rings. The van der Waals surface area contributed by atoms with E-state index in [-0.39, 0.29) is 5.41 Å².